The maximum atomic E-state index is 9.53. The van der Waals surface area contributed by atoms with Gasteiger partial charge in [0.15, 0.2) is 5.82 Å². The van der Waals surface area contributed by atoms with E-state index in [0.29, 0.717) is 11.8 Å². The minimum Gasteiger partial charge on any atom is -0.393 e. The lowest BCUT2D eigenvalue weighted by Gasteiger charge is -2.32. The Bertz CT molecular complexity index is 343. The number of aliphatic hydroxyl groups is 1. The molecule has 0 bridgehead atoms. The normalized spacial score (nSPS) is 20.6. The zero-order chi connectivity index (χ0) is 12.3. The third-order valence-corrected chi connectivity index (χ3v) is 3.50. The van der Waals surface area contributed by atoms with E-state index in [1.807, 2.05) is 13.8 Å². The molecule has 96 valence electrons. The van der Waals surface area contributed by atoms with Gasteiger partial charge in [0, 0.05) is 6.42 Å². The summed E-state index contributed by atoms with van der Waals surface area (Å²) >= 11 is 0. The van der Waals surface area contributed by atoms with Gasteiger partial charge in [0.1, 0.15) is 0 Å². The van der Waals surface area contributed by atoms with Crippen LogP contribution >= 0.6 is 0 Å². The first-order valence-corrected chi connectivity index (χ1v) is 6.41. The molecule has 1 fully saturated rings. The Morgan fingerprint density at radius 1 is 1.47 bits per heavy atom. The summed E-state index contributed by atoms with van der Waals surface area (Å²) < 4.78 is 5.18. The summed E-state index contributed by atoms with van der Waals surface area (Å²) in [5.41, 5.74) is 0. The van der Waals surface area contributed by atoms with Crippen LogP contribution < -0.4 is 0 Å². The zero-order valence-corrected chi connectivity index (χ0v) is 10.6. The summed E-state index contributed by atoms with van der Waals surface area (Å²) in [5.74, 6) is 1.93. The first kappa shape index (κ1) is 12.5. The van der Waals surface area contributed by atoms with E-state index in [0.717, 1.165) is 44.7 Å². The van der Waals surface area contributed by atoms with Crippen molar-refractivity contribution in [1.29, 1.82) is 0 Å². The summed E-state index contributed by atoms with van der Waals surface area (Å²) in [6, 6.07) is 0. The van der Waals surface area contributed by atoms with E-state index in [9.17, 15) is 5.11 Å². The molecule has 1 saturated heterocycles. The lowest BCUT2D eigenvalue weighted by molar-refractivity contribution is 0.0660. The van der Waals surface area contributed by atoms with Gasteiger partial charge in [-0.1, -0.05) is 12.1 Å². The van der Waals surface area contributed by atoms with Crippen molar-refractivity contribution in [3.05, 3.63) is 11.7 Å². The molecule has 0 aliphatic carbocycles. The molecule has 1 atom stereocenters. The predicted octanol–water partition coefficient (Wildman–Crippen LogP) is 1.22. The number of rotatable bonds is 4. The fraction of sp³-hybridized carbons (Fsp3) is 0.833. The van der Waals surface area contributed by atoms with Crippen molar-refractivity contribution in [2.75, 3.05) is 13.1 Å². The van der Waals surface area contributed by atoms with Crippen LogP contribution in [0.25, 0.3) is 0 Å². The van der Waals surface area contributed by atoms with E-state index in [1.165, 1.54) is 0 Å². The number of aliphatic hydroxyl groups excluding tert-OH is 1. The van der Waals surface area contributed by atoms with E-state index >= 15 is 0 Å². The topological polar surface area (TPSA) is 62.4 Å². The van der Waals surface area contributed by atoms with Gasteiger partial charge >= 0.3 is 0 Å². The van der Waals surface area contributed by atoms with Crippen LogP contribution in [0.3, 0.4) is 0 Å². The minimum absolute atomic E-state index is 0.188. The van der Waals surface area contributed by atoms with Gasteiger partial charge in [-0.05, 0) is 38.8 Å². The van der Waals surface area contributed by atoms with Crippen LogP contribution in [-0.4, -0.2) is 39.3 Å². The third-order valence-electron chi connectivity index (χ3n) is 3.50. The zero-order valence-electron chi connectivity index (χ0n) is 10.6. The van der Waals surface area contributed by atoms with Crippen molar-refractivity contribution < 1.29 is 9.63 Å². The van der Waals surface area contributed by atoms with Crippen molar-refractivity contribution in [3.8, 4) is 0 Å². The molecule has 1 N–H and O–H groups in total. The summed E-state index contributed by atoms with van der Waals surface area (Å²) in [6.07, 6.45) is 2.72. The van der Waals surface area contributed by atoms with Crippen molar-refractivity contribution >= 4 is 0 Å². The SMILES string of the molecule is CCc1noc(CN2CCC(C(C)O)CC2)n1. The van der Waals surface area contributed by atoms with Crippen LogP contribution in [-0.2, 0) is 13.0 Å². The summed E-state index contributed by atoms with van der Waals surface area (Å²) in [5, 5.41) is 13.4. The molecule has 0 radical (unpaired) electrons. The maximum absolute atomic E-state index is 9.53. The fourth-order valence-corrected chi connectivity index (χ4v) is 2.28. The van der Waals surface area contributed by atoms with Gasteiger partial charge < -0.3 is 9.63 Å². The Hall–Kier alpha value is -0.940. The Labute approximate surface area is 102 Å². The second-order valence-electron chi connectivity index (χ2n) is 4.81. The fourth-order valence-electron chi connectivity index (χ4n) is 2.28. The average molecular weight is 239 g/mol. The lowest BCUT2D eigenvalue weighted by Crippen LogP contribution is -2.36. The van der Waals surface area contributed by atoms with Crippen LogP contribution in [0.1, 0.15) is 38.4 Å². The van der Waals surface area contributed by atoms with Crippen LogP contribution in [0.4, 0.5) is 0 Å². The predicted molar refractivity (Wildman–Crippen MR) is 63.4 cm³/mol. The highest BCUT2D eigenvalue weighted by atomic mass is 16.5. The van der Waals surface area contributed by atoms with E-state index in [1.54, 1.807) is 0 Å². The maximum Gasteiger partial charge on any atom is 0.240 e. The lowest BCUT2D eigenvalue weighted by atomic mass is 9.92. The van der Waals surface area contributed by atoms with Gasteiger partial charge in [-0.2, -0.15) is 4.98 Å². The molecule has 0 amide bonds. The molecule has 0 aromatic carbocycles. The highest BCUT2D eigenvalue weighted by Gasteiger charge is 2.23. The molecule has 1 aliphatic rings. The standard InChI is InChI=1S/C12H21N3O2/c1-3-11-13-12(17-14-11)8-15-6-4-10(5-7-15)9(2)16/h9-10,16H,3-8H2,1-2H3. The van der Waals surface area contributed by atoms with Crippen LogP contribution in [0.2, 0.25) is 0 Å². The highest BCUT2D eigenvalue weighted by Crippen LogP contribution is 2.21. The number of aryl methyl sites for hydroxylation is 1. The number of piperidine rings is 1. The smallest absolute Gasteiger partial charge is 0.240 e. The molecule has 1 aliphatic heterocycles. The molecule has 1 aromatic heterocycles. The van der Waals surface area contributed by atoms with Crippen molar-refractivity contribution in [2.24, 2.45) is 5.92 Å². The molecular formula is C12H21N3O2. The summed E-state index contributed by atoms with van der Waals surface area (Å²) in [4.78, 5) is 6.62. The van der Waals surface area contributed by atoms with Gasteiger partial charge in [-0.3, -0.25) is 4.90 Å². The van der Waals surface area contributed by atoms with Crippen LogP contribution in [0.15, 0.2) is 4.52 Å². The first-order valence-electron chi connectivity index (χ1n) is 6.41. The van der Waals surface area contributed by atoms with Crippen LogP contribution in [0.5, 0.6) is 0 Å². The second-order valence-corrected chi connectivity index (χ2v) is 4.81. The highest BCUT2D eigenvalue weighted by molar-refractivity contribution is 4.86. The molecule has 1 unspecified atom stereocenters. The van der Waals surface area contributed by atoms with E-state index in [2.05, 4.69) is 15.0 Å². The summed E-state index contributed by atoms with van der Waals surface area (Å²) in [6.45, 7) is 6.63. The Morgan fingerprint density at radius 2 is 2.18 bits per heavy atom. The molecule has 5 heteroatoms. The minimum atomic E-state index is -0.188. The molecule has 0 saturated carbocycles. The monoisotopic (exact) mass is 239 g/mol. The Kier molecular flexibility index (Phi) is 4.12. The Morgan fingerprint density at radius 3 is 2.71 bits per heavy atom. The second kappa shape index (κ2) is 5.60. The molecule has 2 rings (SSSR count). The van der Waals surface area contributed by atoms with Crippen molar-refractivity contribution in [1.82, 2.24) is 15.0 Å². The first-order chi connectivity index (χ1) is 8.19. The van der Waals surface area contributed by atoms with Gasteiger partial charge in [-0.15, -0.1) is 0 Å². The van der Waals surface area contributed by atoms with E-state index in [-0.39, 0.29) is 6.10 Å². The number of nitrogens with zero attached hydrogens (tertiary/aromatic N) is 3. The van der Waals surface area contributed by atoms with Crippen molar-refractivity contribution in [3.63, 3.8) is 0 Å². The Balaban J connectivity index is 1.81. The molecule has 1 aromatic rings. The number of hydrogen-bond acceptors (Lipinski definition) is 5. The van der Waals surface area contributed by atoms with Gasteiger partial charge in [-0.25, -0.2) is 0 Å². The summed E-state index contributed by atoms with van der Waals surface area (Å²) in [7, 11) is 0. The molecule has 17 heavy (non-hydrogen) atoms. The number of aromatic nitrogens is 2. The van der Waals surface area contributed by atoms with Gasteiger partial charge in [0.2, 0.25) is 5.89 Å². The van der Waals surface area contributed by atoms with Crippen molar-refractivity contribution in [2.45, 2.75) is 45.8 Å². The van der Waals surface area contributed by atoms with E-state index < -0.39 is 0 Å². The molecule has 0 spiro atoms. The quantitative estimate of drug-likeness (QED) is 0.856. The molecule has 5 nitrogen and oxygen atoms in total. The van der Waals surface area contributed by atoms with Gasteiger partial charge in [0.05, 0.1) is 12.6 Å². The molecular weight excluding hydrogens is 218 g/mol. The molecule has 2 heterocycles. The van der Waals surface area contributed by atoms with E-state index in [4.69, 9.17) is 4.52 Å². The average Bonchev–Trinajstić information content (AvgIpc) is 2.77. The van der Waals surface area contributed by atoms with Crippen LogP contribution in [0, 0.1) is 5.92 Å². The van der Waals surface area contributed by atoms with Gasteiger partial charge in [0.25, 0.3) is 0 Å². The number of hydrogen-bond donors (Lipinski definition) is 1. The largest absolute Gasteiger partial charge is 0.393 e. The third kappa shape index (κ3) is 3.26. The number of likely N-dealkylation sites (tertiary alicyclic amines) is 1.